The van der Waals surface area contributed by atoms with Crippen LogP contribution in [-0.2, 0) is 4.74 Å². The fourth-order valence-corrected chi connectivity index (χ4v) is 2.34. The van der Waals surface area contributed by atoms with Gasteiger partial charge in [-0.15, -0.1) is 0 Å². The summed E-state index contributed by atoms with van der Waals surface area (Å²) in [6.07, 6.45) is -0.305. The minimum Gasteiger partial charge on any atom is -0.370 e. The van der Waals surface area contributed by atoms with Gasteiger partial charge in [-0.3, -0.25) is 9.59 Å². The van der Waals surface area contributed by atoms with Crippen LogP contribution in [0, 0.1) is 5.82 Å². The van der Waals surface area contributed by atoms with Crippen molar-refractivity contribution in [3.8, 4) is 0 Å². The van der Waals surface area contributed by atoms with Crippen LogP contribution in [0.1, 0.15) is 22.2 Å². The predicted octanol–water partition coefficient (Wildman–Crippen LogP) is 1.12. The maximum Gasteiger partial charge on any atom is 0.274 e. The number of benzene rings is 1. The zero-order valence-electron chi connectivity index (χ0n) is 11.7. The van der Waals surface area contributed by atoms with Crippen LogP contribution in [0.2, 0.25) is 0 Å². The lowest BCUT2D eigenvalue weighted by Gasteiger charge is -2.33. The second-order valence-electron chi connectivity index (χ2n) is 4.97. The van der Waals surface area contributed by atoms with Crippen LogP contribution in [0.25, 0.3) is 0 Å². The lowest BCUT2D eigenvalue weighted by atomic mass is 10.1. The summed E-state index contributed by atoms with van der Waals surface area (Å²) in [4.78, 5) is 25.0. The highest BCUT2D eigenvalue weighted by molar-refractivity contribution is 5.92. The number of hydrogen-bond donors (Lipinski definition) is 1. The number of carbonyl (C=O) groups is 1. The first-order chi connectivity index (χ1) is 10.6. The van der Waals surface area contributed by atoms with E-state index in [0.29, 0.717) is 19.7 Å². The SMILES string of the molecule is O=C(c1ccc(=O)[nH]n1)N1CCO[C@@H](c2ccc(F)cc2)C1. The fraction of sp³-hybridized carbons (Fsp3) is 0.267. The molecule has 0 aliphatic carbocycles. The standard InChI is InChI=1S/C15H14FN3O3/c16-11-3-1-10(2-4-11)13-9-19(7-8-22-13)15(21)12-5-6-14(20)18-17-12/h1-6,13H,7-9H2,(H,18,20)/t13-/m1/s1. The average molecular weight is 303 g/mol. The molecule has 0 unspecified atom stereocenters. The number of aromatic amines is 1. The Morgan fingerprint density at radius 3 is 2.73 bits per heavy atom. The van der Waals surface area contributed by atoms with Gasteiger partial charge < -0.3 is 9.64 Å². The lowest BCUT2D eigenvalue weighted by Crippen LogP contribution is -2.42. The van der Waals surface area contributed by atoms with Gasteiger partial charge in [0.25, 0.3) is 11.5 Å². The molecule has 22 heavy (non-hydrogen) atoms. The Labute approximate surface area is 125 Å². The van der Waals surface area contributed by atoms with Gasteiger partial charge in [0.2, 0.25) is 0 Å². The Hall–Kier alpha value is -2.54. The van der Waals surface area contributed by atoms with Gasteiger partial charge in [0.1, 0.15) is 17.6 Å². The number of ether oxygens (including phenoxy) is 1. The molecule has 0 saturated carbocycles. The van der Waals surface area contributed by atoms with Gasteiger partial charge in [0.05, 0.1) is 13.2 Å². The molecule has 7 heteroatoms. The van der Waals surface area contributed by atoms with Crippen LogP contribution in [-0.4, -0.2) is 40.7 Å². The second kappa shape index (κ2) is 6.07. The maximum atomic E-state index is 13.0. The molecule has 1 saturated heterocycles. The molecule has 2 heterocycles. The molecule has 1 amide bonds. The Bertz CT molecular complexity index is 709. The Kier molecular flexibility index (Phi) is 3.97. The number of halogens is 1. The molecular weight excluding hydrogens is 289 g/mol. The van der Waals surface area contributed by atoms with E-state index in [1.165, 1.54) is 24.3 Å². The first-order valence-corrected chi connectivity index (χ1v) is 6.85. The molecule has 1 N–H and O–H groups in total. The first kappa shape index (κ1) is 14.4. The number of hydrogen-bond acceptors (Lipinski definition) is 4. The minimum atomic E-state index is -0.359. The van der Waals surface area contributed by atoms with E-state index in [9.17, 15) is 14.0 Å². The van der Waals surface area contributed by atoms with Crippen molar-refractivity contribution in [3.05, 3.63) is 63.8 Å². The van der Waals surface area contributed by atoms with E-state index >= 15 is 0 Å². The number of H-pyrrole nitrogens is 1. The molecule has 1 aliphatic heterocycles. The van der Waals surface area contributed by atoms with Crippen LogP contribution >= 0.6 is 0 Å². The van der Waals surface area contributed by atoms with Crippen molar-refractivity contribution in [1.29, 1.82) is 0 Å². The number of carbonyl (C=O) groups excluding carboxylic acids is 1. The highest BCUT2D eigenvalue weighted by Gasteiger charge is 2.26. The van der Waals surface area contributed by atoms with E-state index in [0.717, 1.165) is 5.56 Å². The molecule has 114 valence electrons. The zero-order valence-corrected chi connectivity index (χ0v) is 11.7. The van der Waals surface area contributed by atoms with Gasteiger partial charge in [-0.2, -0.15) is 5.10 Å². The van der Waals surface area contributed by atoms with Gasteiger partial charge in [-0.05, 0) is 23.8 Å². The molecule has 3 rings (SSSR count). The third-order valence-corrected chi connectivity index (χ3v) is 3.49. The van der Waals surface area contributed by atoms with Crippen molar-refractivity contribution >= 4 is 5.91 Å². The van der Waals surface area contributed by atoms with Crippen molar-refractivity contribution in [1.82, 2.24) is 15.1 Å². The summed E-state index contributed by atoms with van der Waals surface area (Å²) in [6.45, 7) is 1.18. The normalized spacial score (nSPS) is 18.2. The number of nitrogens with zero attached hydrogens (tertiary/aromatic N) is 2. The number of rotatable bonds is 2. The van der Waals surface area contributed by atoms with E-state index in [-0.39, 0.29) is 29.1 Å². The Balaban J connectivity index is 1.75. The summed E-state index contributed by atoms with van der Waals surface area (Å²) in [7, 11) is 0. The van der Waals surface area contributed by atoms with Crippen molar-refractivity contribution in [2.45, 2.75) is 6.10 Å². The van der Waals surface area contributed by atoms with E-state index in [1.807, 2.05) is 0 Å². The number of amides is 1. The largest absolute Gasteiger partial charge is 0.370 e. The molecule has 1 aromatic carbocycles. The van der Waals surface area contributed by atoms with Crippen LogP contribution < -0.4 is 5.56 Å². The zero-order chi connectivity index (χ0) is 15.5. The van der Waals surface area contributed by atoms with Gasteiger partial charge in [-0.25, -0.2) is 9.49 Å². The smallest absolute Gasteiger partial charge is 0.274 e. The van der Waals surface area contributed by atoms with Crippen molar-refractivity contribution in [3.63, 3.8) is 0 Å². The van der Waals surface area contributed by atoms with Crippen LogP contribution in [0.15, 0.2) is 41.2 Å². The quantitative estimate of drug-likeness (QED) is 0.902. The predicted molar refractivity (Wildman–Crippen MR) is 75.9 cm³/mol. The third kappa shape index (κ3) is 3.04. The van der Waals surface area contributed by atoms with Gasteiger partial charge in [0, 0.05) is 12.6 Å². The van der Waals surface area contributed by atoms with Crippen molar-refractivity contribution in [2.24, 2.45) is 0 Å². The van der Waals surface area contributed by atoms with Crippen molar-refractivity contribution < 1.29 is 13.9 Å². The first-order valence-electron chi connectivity index (χ1n) is 6.85. The summed E-state index contributed by atoms with van der Waals surface area (Å²) in [5.41, 5.74) is 0.635. The molecule has 6 nitrogen and oxygen atoms in total. The summed E-state index contributed by atoms with van der Waals surface area (Å²) < 4.78 is 18.6. The average Bonchev–Trinajstić information content (AvgIpc) is 2.56. The molecule has 1 fully saturated rings. The molecule has 0 spiro atoms. The fourth-order valence-electron chi connectivity index (χ4n) is 2.34. The number of nitrogens with one attached hydrogen (secondary N) is 1. The Morgan fingerprint density at radius 1 is 1.27 bits per heavy atom. The highest BCUT2D eigenvalue weighted by atomic mass is 19.1. The monoisotopic (exact) mass is 303 g/mol. The topological polar surface area (TPSA) is 75.3 Å². The molecule has 0 radical (unpaired) electrons. The molecular formula is C15H14FN3O3. The van der Waals surface area contributed by atoms with Gasteiger partial charge >= 0.3 is 0 Å². The highest BCUT2D eigenvalue weighted by Crippen LogP contribution is 2.23. The molecule has 2 aromatic rings. The van der Waals surface area contributed by atoms with E-state index in [4.69, 9.17) is 4.74 Å². The van der Waals surface area contributed by atoms with Gasteiger partial charge in [0.15, 0.2) is 0 Å². The molecule has 1 aromatic heterocycles. The number of morpholine rings is 1. The second-order valence-corrected chi connectivity index (χ2v) is 4.97. The molecule has 1 atom stereocenters. The third-order valence-electron chi connectivity index (χ3n) is 3.49. The van der Waals surface area contributed by atoms with E-state index in [2.05, 4.69) is 10.2 Å². The molecule has 1 aliphatic rings. The molecule has 0 bridgehead atoms. The maximum absolute atomic E-state index is 13.0. The van der Waals surface area contributed by atoms with Crippen LogP contribution in [0.5, 0.6) is 0 Å². The van der Waals surface area contributed by atoms with Crippen LogP contribution in [0.4, 0.5) is 4.39 Å². The number of aromatic nitrogens is 2. The minimum absolute atomic E-state index is 0.180. The van der Waals surface area contributed by atoms with Crippen molar-refractivity contribution in [2.75, 3.05) is 19.7 Å². The summed E-state index contributed by atoms with van der Waals surface area (Å²) in [5.74, 6) is -0.586. The summed E-state index contributed by atoms with van der Waals surface area (Å²) in [5, 5.41) is 5.99. The lowest BCUT2D eigenvalue weighted by molar-refractivity contribution is -0.0230. The van der Waals surface area contributed by atoms with Gasteiger partial charge in [-0.1, -0.05) is 12.1 Å². The van der Waals surface area contributed by atoms with Crippen LogP contribution in [0.3, 0.4) is 0 Å². The summed E-state index contributed by atoms with van der Waals surface area (Å²) >= 11 is 0. The van der Waals surface area contributed by atoms with E-state index < -0.39 is 0 Å². The Morgan fingerprint density at radius 2 is 2.05 bits per heavy atom. The van der Waals surface area contributed by atoms with E-state index in [1.54, 1.807) is 17.0 Å². The summed E-state index contributed by atoms with van der Waals surface area (Å²) in [6, 6.07) is 8.67.